The highest BCUT2D eigenvalue weighted by atomic mass is 35.5. The number of halogens is 1. The van der Waals surface area contributed by atoms with Gasteiger partial charge in [-0.2, -0.15) is 0 Å². The number of carbonyl (C=O) groups excluding carboxylic acids is 2. The first-order valence-corrected chi connectivity index (χ1v) is 11.2. The molecule has 2 fully saturated rings. The van der Waals surface area contributed by atoms with Crippen LogP contribution in [0.5, 0.6) is 0 Å². The summed E-state index contributed by atoms with van der Waals surface area (Å²) in [6.45, 7) is 1.57. The molecule has 2 saturated heterocycles. The van der Waals surface area contributed by atoms with E-state index in [2.05, 4.69) is 0 Å². The summed E-state index contributed by atoms with van der Waals surface area (Å²) in [6, 6.07) is 24.4. The summed E-state index contributed by atoms with van der Waals surface area (Å²) in [7, 11) is 0. The Labute approximate surface area is 197 Å². The van der Waals surface area contributed by atoms with Crippen molar-refractivity contribution in [3.63, 3.8) is 0 Å². The zero-order valence-corrected chi connectivity index (χ0v) is 18.7. The summed E-state index contributed by atoms with van der Waals surface area (Å²) in [5, 5.41) is 0.590. The molecule has 0 aliphatic carbocycles. The van der Waals surface area contributed by atoms with Gasteiger partial charge in [0.2, 0.25) is 0 Å². The van der Waals surface area contributed by atoms with E-state index in [1.54, 1.807) is 34.1 Å². The van der Waals surface area contributed by atoms with Crippen LogP contribution >= 0.6 is 11.6 Å². The first-order valence-electron chi connectivity index (χ1n) is 10.8. The van der Waals surface area contributed by atoms with Crippen molar-refractivity contribution in [2.75, 3.05) is 37.7 Å². The summed E-state index contributed by atoms with van der Waals surface area (Å²) in [4.78, 5) is 29.7. The van der Waals surface area contributed by atoms with Crippen LogP contribution in [0.25, 0.3) is 11.1 Å². The van der Waals surface area contributed by atoms with E-state index in [9.17, 15) is 9.59 Å². The zero-order chi connectivity index (χ0) is 22.8. The Morgan fingerprint density at radius 3 is 2.42 bits per heavy atom. The number of anilines is 1. The van der Waals surface area contributed by atoms with Crippen molar-refractivity contribution < 1.29 is 19.1 Å². The van der Waals surface area contributed by atoms with E-state index in [-0.39, 0.29) is 25.6 Å². The standard InChI is InChI=1S/C26H23ClN2O4/c27-20-10-12-21(13-11-20)29-17-26(33-25(29)31)16-28(14-15-32-18-26)24(30)23-9-5-4-8-22(23)19-6-2-1-3-7-19/h1-13H,14-18H2/t26-/m1/s1. The van der Waals surface area contributed by atoms with Crippen LogP contribution in [0.15, 0.2) is 78.9 Å². The largest absolute Gasteiger partial charge is 0.436 e. The van der Waals surface area contributed by atoms with Gasteiger partial charge in [0.15, 0.2) is 5.60 Å². The van der Waals surface area contributed by atoms with Crippen molar-refractivity contribution in [2.24, 2.45) is 0 Å². The maximum atomic E-state index is 13.7. The van der Waals surface area contributed by atoms with Crippen LogP contribution in [0.3, 0.4) is 0 Å². The maximum Gasteiger partial charge on any atom is 0.415 e. The van der Waals surface area contributed by atoms with E-state index >= 15 is 0 Å². The third kappa shape index (κ3) is 4.32. The summed E-state index contributed by atoms with van der Waals surface area (Å²) >= 11 is 5.99. The van der Waals surface area contributed by atoms with E-state index in [1.807, 2.05) is 54.6 Å². The SMILES string of the molecule is O=C(c1ccccc1-c1ccccc1)N1CCOC[C@@]2(C1)CN(c1ccc(Cl)cc1)C(=O)O2. The van der Waals surface area contributed by atoms with Gasteiger partial charge in [-0.25, -0.2) is 4.79 Å². The molecular formula is C26H23ClN2O4. The minimum atomic E-state index is -0.940. The molecule has 0 saturated carbocycles. The molecule has 0 aromatic heterocycles. The molecule has 6 nitrogen and oxygen atoms in total. The topological polar surface area (TPSA) is 59.1 Å². The molecule has 1 spiro atoms. The lowest BCUT2D eigenvalue weighted by molar-refractivity contribution is -0.0140. The molecule has 0 N–H and O–H groups in total. The fraction of sp³-hybridized carbons (Fsp3) is 0.231. The number of hydrogen-bond acceptors (Lipinski definition) is 4. The Morgan fingerprint density at radius 2 is 1.64 bits per heavy atom. The second-order valence-electron chi connectivity index (χ2n) is 8.30. The number of rotatable bonds is 3. The average Bonchev–Trinajstić information content (AvgIpc) is 3.03. The number of ether oxygens (including phenoxy) is 2. The van der Waals surface area contributed by atoms with Gasteiger partial charge in [0.05, 0.1) is 26.3 Å². The molecule has 1 atom stereocenters. The fourth-order valence-corrected chi connectivity index (χ4v) is 4.51. The van der Waals surface area contributed by atoms with Gasteiger partial charge in [-0.1, -0.05) is 60.1 Å². The van der Waals surface area contributed by atoms with E-state index in [0.29, 0.717) is 29.4 Å². The van der Waals surface area contributed by atoms with Crippen LogP contribution in [-0.4, -0.2) is 55.3 Å². The highest BCUT2D eigenvalue weighted by Crippen LogP contribution is 2.32. The highest BCUT2D eigenvalue weighted by Gasteiger charge is 2.49. The van der Waals surface area contributed by atoms with Crippen LogP contribution in [0, 0.1) is 0 Å². The Kier molecular flexibility index (Phi) is 5.79. The number of carbonyl (C=O) groups is 2. The molecule has 0 bridgehead atoms. The van der Waals surface area contributed by atoms with Gasteiger partial charge in [0.25, 0.3) is 5.91 Å². The third-order valence-corrected chi connectivity index (χ3v) is 6.24. The van der Waals surface area contributed by atoms with Crippen molar-refractivity contribution in [2.45, 2.75) is 5.60 Å². The molecule has 0 unspecified atom stereocenters. The molecule has 2 aliphatic heterocycles. The first kappa shape index (κ1) is 21.5. The van der Waals surface area contributed by atoms with E-state index in [0.717, 1.165) is 11.1 Å². The molecule has 3 aromatic carbocycles. The molecule has 33 heavy (non-hydrogen) atoms. The van der Waals surface area contributed by atoms with Crippen molar-refractivity contribution in [1.29, 1.82) is 0 Å². The van der Waals surface area contributed by atoms with Gasteiger partial charge in [0, 0.05) is 22.8 Å². The monoisotopic (exact) mass is 462 g/mol. The van der Waals surface area contributed by atoms with Crippen LogP contribution in [0.4, 0.5) is 10.5 Å². The highest BCUT2D eigenvalue weighted by molar-refractivity contribution is 6.30. The molecule has 7 heteroatoms. The molecule has 3 aromatic rings. The first-order chi connectivity index (χ1) is 16.0. The van der Waals surface area contributed by atoms with Crippen LogP contribution < -0.4 is 4.90 Å². The Hall–Kier alpha value is -3.35. The minimum absolute atomic E-state index is 0.111. The van der Waals surface area contributed by atoms with Crippen molar-refractivity contribution in [3.05, 3.63) is 89.4 Å². The minimum Gasteiger partial charge on any atom is -0.436 e. The molecule has 0 radical (unpaired) electrons. The predicted octanol–water partition coefficient (Wildman–Crippen LogP) is 4.88. The van der Waals surface area contributed by atoms with Crippen molar-refractivity contribution in [1.82, 2.24) is 4.90 Å². The van der Waals surface area contributed by atoms with Crippen molar-refractivity contribution >= 4 is 29.3 Å². The van der Waals surface area contributed by atoms with E-state index in [4.69, 9.17) is 21.1 Å². The molecule has 168 valence electrons. The normalized spacial score (nSPS) is 20.6. The quantitative estimate of drug-likeness (QED) is 0.557. The molecule has 2 amide bonds. The Balaban J connectivity index is 1.41. The Bertz CT molecular complexity index is 1170. The predicted molar refractivity (Wildman–Crippen MR) is 127 cm³/mol. The molecule has 2 aliphatic rings. The van der Waals surface area contributed by atoms with Gasteiger partial charge in [-0.15, -0.1) is 0 Å². The number of nitrogens with zero attached hydrogens (tertiary/aromatic N) is 2. The molecule has 2 heterocycles. The summed E-state index contributed by atoms with van der Waals surface area (Å²) in [5.41, 5.74) is 2.21. The fourth-order valence-electron chi connectivity index (χ4n) is 4.39. The lowest BCUT2D eigenvalue weighted by Gasteiger charge is -2.30. The van der Waals surface area contributed by atoms with Gasteiger partial charge in [-0.05, 0) is 41.5 Å². The van der Waals surface area contributed by atoms with Crippen LogP contribution in [0.2, 0.25) is 5.02 Å². The van der Waals surface area contributed by atoms with Gasteiger partial charge in [0.1, 0.15) is 0 Å². The zero-order valence-electron chi connectivity index (χ0n) is 17.9. The third-order valence-electron chi connectivity index (χ3n) is 5.99. The summed E-state index contributed by atoms with van der Waals surface area (Å²) in [6.07, 6.45) is -0.458. The van der Waals surface area contributed by atoms with Crippen molar-refractivity contribution in [3.8, 4) is 11.1 Å². The lowest BCUT2D eigenvalue weighted by atomic mass is 9.98. The number of amides is 2. The summed E-state index contributed by atoms with van der Waals surface area (Å²) < 4.78 is 11.6. The lowest BCUT2D eigenvalue weighted by Crippen LogP contribution is -2.49. The Morgan fingerprint density at radius 1 is 0.909 bits per heavy atom. The smallest absolute Gasteiger partial charge is 0.415 e. The summed E-state index contributed by atoms with van der Waals surface area (Å²) in [5.74, 6) is -0.111. The number of benzene rings is 3. The molecule has 5 rings (SSSR count). The molecular weight excluding hydrogens is 440 g/mol. The van der Waals surface area contributed by atoms with E-state index in [1.165, 1.54) is 0 Å². The average molecular weight is 463 g/mol. The second-order valence-corrected chi connectivity index (χ2v) is 8.74. The maximum absolute atomic E-state index is 13.7. The van der Waals surface area contributed by atoms with Gasteiger partial charge < -0.3 is 14.4 Å². The van der Waals surface area contributed by atoms with Gasteiger partial charge >= 0.3 is 6.09 Å². The second kappa shape index (κ2) is 8.89. The number of hydrogen-bond donors (Lipinski definition) is 0. The van der Waals surface area contributed by atoms with Gasteiger partial charge in [-0.3, -0.25) is 9.69 Å². The van der Waals surface area contributed by atoms with E-state index < -0.39 is 11.7 Å². The van der Waals surface area contributed by atoms with Crippen LogP contribution in [0.1, 0.15) is 10.4 Å². The van der Waals surface area contributed by atoms with Crippen LogP contribution in [-0.2, 0) is 9.47 Å².